The Morgan fingerprint density at radius 2 is 1.85 bits per heavy atom. The van der Waals surface area contributed by atoms with Gasteiger partial charge in [0.05, 0.1) is 0 Å². The largest absolute Gasteiger partial charge is 0.480 e. The average Bonchev–Trinajstić information content (AvgIpc) is 2.82. The zero-order valence-electron chi connectivity index (χ0n) is 12.9. The van der Waals surface area contributed by atoms with Gasteiger partial charge in [0.15, 0.2) is 0 Å². The van der Waals surface area contributed by atoms with Gasteiger partial charge in [-0.15, -0.1) is 0 Å². The SMILES string of the molecule is CC(C)(C)N(CC(=O)O)C(=O)NCCCC1CCCC1. The van der Waals surface area contributed by atoms with E-state index in [4.69, 9.17) is 5.11 Å². The van der Waals surface area contributed by atoms with Gasteiger partial charge in [-0.3, -0.25) is 4.79 Å². The van der Waals surface area contributed by atoms with Gasteiger partial charge in [0.25, 0.3) is 0 Å². The van der Waals surface area contributed by atoms with Crippen LogP contribution in [0.25, 0.3) is 0 Å². The van der Waals surface area contributed by atoms with Gasteiger partial charge in [-0.1, -0.05) is 25.7 Å². The molecule has 0 aliphatic heterocycles. The van der Waals surface area contributed by atoms with E-state index in [1.807, 2.05) is 20.8 Å². The quantitative estimate of drug-likeness (QED) is 0.737. The van der Waals surface area contributed by atoms with Crippen molar-refractivity contribution in [3.05, 3.63) is 0 Å². The maximum atomic E-state index is 12.1. The third-order valence-electron chi connectivity index (χ3n) is 3.89. The van der Waals surface area contributed by atoms with E-state index >= 15 is 0 Å². The van der Waals surface area contributed by atoms with Gasteiger partial charge in [0.1, 0.15) is 6.54 Å². The summed E-state index contributed by atoms with van der Waals surface area (Å²) in [7, 11) is 0. The molecule has 0 unspecified atom stereocenters. The molecule has 5 heteroatoms. The number of urea groups is 1. The van der Waals surface area contributed by atoms with E-state index in [-0.39, 0.29) is 12.6 Å². The first-order valence-electron chi connectivity index (χ1n) is 7.58. The fourth-order valence-corrected chi connectivity index (χ4v) is 2.73. The number of carbonyl (C=O) groups excluding carboxylic acids is 1. The number of carbonyl (C=O) groups is 2. The van der Waals surface area contributed by atoms with Crippen molar-refractivity contribution >= 4 is 12.0 Å². The minimum Gasteiger partial charge on any atom is -0.480 e. The predicted octanol–water partition coefficient (Wildman–Crippen LogP) is 2.85. The Hall–Kier alpha value is -1.26. The van der Waals surface area contributed by atoms with Gasteiger partial charge in [-0.05, 0) is 39.5 Å². The first-order chi connectivity index (χ1) is 9.30. The topological polar surface area (TPSA) is 69.6 Å². The number of nitrogens with zero attached hydrogens (tertiary/aromatic N) is 1. The van der Waals surface area contributed by atoms with Crippen molar-refractivity contribution in [1.82, 2.24) is 10.2 Å². The highest BCUT2D eigenvalue weighted by Gasteiger charge is 2.28. The Bertz CT molecular complexity index is 331. The fourth-order valence-electron chi connectivity index (χ4n) is 2.73. The summed E-state index contributed by atoms with van der Waals surface area (Å²) < 4.78 is 0. The number of hydrogen-bond donors (Lipinski definition) is 2. The summed E-state index contributed by atoms with van der Waals surface area (Å²) in [5.74, 6) is -0.161. The van der Waals surface area contributed by atoms with Crippen molar-refractivity contribution in [2.24, 2.45) is 5.92 Å². The van der Waals surface area contributed by atoms with E-state index in [9.17, 15) is 9.59 Å². The van der Waals surface area contributed by atoms with Gasteiger partial charge in [0.2, 0.25) is 0 Å². The van der Waals surface area contributed by atoms with Crippen LogP contribution in [0.1, 0.15) is 59.3 Å². The molecule has 5 nitrogen and oxygen atoms in total. The normalized spacial score (nSPS) is 16.1. The first-order valence-corrected chi connectivity index (χ1v) is 7.58. The second-order valence-corrected chi connectivity index (χ2v) is 6.68. The summed E-state index contributed by atoms with van der Waals surface area (Å²) in [6.45, 7) is 5.88. The molecule has 20 heavy (non-hydrogen) atoms. The maximum absolute atomic E-state index is 12.1. The van der Waals surface area contributed by atoms with Crippen molar-refractivity contribution in [2.75, 3.05) is 13.1 Å². The zero-order chi connectivity index (χ0) is 15.2. The summed E-state index contributed by atoms with van der Waals surface area (Å²) in [5, 5.41) is 11.7. The average molecular weight is 284 g/mol. The number of carboxylic acids is 1. The molecule has 2 amide bonds. The summed E-state index contributed by atoms with van der Waals surface area (Å²) in [6.07, 6.45) is 7.46. The van der Waals surface area contributed by atoms with Crippen molar-refractivity contribution < 1.29 is 14.7 Å². The molecular formula is C15H28N2O3. The molecule has 2 N–H and O–H groups in total. The lowest BCUT2D eigenvalue weighted by atomic mass is 10.0. The summed E-state index contributed by atoms with van der Waals surface area (Å²) >= 11 is 0. The molecule has 0 atom stereocenters. The van der Waals surface area contributed by atoms with Gasteiger partial charge in [0, 0.05) is 12.1 Å². The van der Waals surface area contributed by atoms with Crippen LogP contribution in [0, 0.1) is 5.92 Å². The fraction of sp³-hybridized carbons (Fsp3) is 0.867. The smallest absolute Gasteiger partial charge is 0.323 e. The number of hydrogen-bond acceptors (Lipinski definition) is 2. The number of amides is 2. The van der Waals surface area contributed by atoms with E-state index < -0.39 is 11.5 Å². The molecule has 0 aromatic rings. The third kappa shape index (κ3) is 5.80. The molecular weight excluding hydrogens is 256 g/mol. The van der Waals surface area contributed by atoms with Crippen LogP contribution in [0.15, 0.2) is 0 Å². The predicted molar refractivity (Wildman–Crippen MR) is 78.7 cm³/mol. The summed E-state index contributed by atoms with van der Waals surface area (Å²) in [6, 6.07) is -0.286. The van der Waals surface area contributed by atoms with Gasteiger partial charge >= 0.3 is 12.0 Å². The molecule has 0 saturated heterocycles. The maximum Gasteiger partial charge on any atom is 0.323 e. The van der Waals surface area contributed by atoms with Crippen LogP contribution >= 0.6 is 0 Å². The van der Waals surface area contributed by atoms with Crippen LogP contribution < -0.4 is 5.32 Å². The van der Waals surface area contributed by atoms with Gasteiger partial charge in [-0.25, -0.2) is 4.79 Å². The lowest BCUT2D eigenvalue weighted by Crippen LogP contribution is -2.52. The zero-order valence-corrected chi connectivity index (χ0v) is 12.9. The lowest BCUT2D eigenvalue weighted by Gasteiger charge is -2.34. The van der Waals surface area contributed by atoms with Crippen LogP contribution in [0.4, 0.5) is 4.79 Å². The lowest BCUT2D eigenvalue weighted by molar-refractivity contribution is -0.138. The molecule has 0 bridgehead atoms. The van der Waals surface area contributed by atoms with E-state index in [0.29, 0.717) is 6.54 Å². The van der Waals surface area contributed by atoms with Crippen LogP contribution in [-0.4, -0.2) is 40.6 Å². The van der Waals surface area contributed by atoms with E-state index in [1.165, 1.54) is 30.6 Å². The minimum atomic E-state index is -0.985. The summed E-state index contributed by atoms with van der Waals surface area (Å²) in [5.41, 5.74) is -0.492. The first kappa shape index (κ1) is 16.8. The van der Waals surface area contributed by atoms with Crippen LogP contribution in [-0.2, 0) is 4.79 Å². The molecule has 116 valence electrons. The van der Waals surface area contributed by atoms with Crippen LogP contribution in [0.5, 0.6) is 0 Å². The standard InChI is InChI=1S/C15H28N2O3/c1-15(2,3)17(11-13(18)19)14(20)16-10-6-9-12-7-4-5-8-12/h12H,4-11H2,1-3H3,(H,16,20)(H,18,19). The van der Waals surface area contributed by atoms with Crippen LogP contribution in [0.2, 0.25) is 0 Å². The Morgan fingerprint density at radius 3 is 2.35 bits per heavy atom. The van der Waals surface area contributed by atoms with E-state index in [1.54, 1.807) is 0 Å². The monoisotopic (exact) mass is 284 g/mol. The molecule has 0 aromatic carbocycles. The molecule has 1 fully saturated rings. The van der Waals surface area contributed by atoms with Crippen molar-refractivity contribution in [1.29, 1.82) is 0 Å². The van der Waals surface area contributed by atoms with Gasteiger partial charge in [-0.2, -0.15) is 0 Å². The molecule has 1 aliphatic carbocycles. The highest BCUT2D eigenvalue weighted by molar-refractivity contribution is 5.80. The van der Waals surface area contributed by atoms with Crippen LogP contribution in [0.3, 0.4) is 0 Å². The number of carboxylic acid groups (broad SMARTS) is 1. The highest BCUT2D eigenvalue weighted by atomic mass is 16.4. The molecule has 0 radical (unpaired) electrons. The van der Waals surface area contributed by atoms with Gasteiger partial charge < -0.3 is 15.3 Å². The van der Waals surface area contributed by atoms with E-state index in [0.717, 1.165) is 18.8 Å². The Morgan fingerprint density at radius 1 is 1.25 bits per heavy atom. The Kier molecular flexibility index (Phi) is 6.30. The molecule has 1 saturated carbocycles. The second-order valence-electron chi connectivity index (χ2n) is 6.68. The second kappa shape index (κ2) is 7.50. The highest BCUT2D eigenvalue weighted by Crippen LogP contribution is 2.28. The Labute approximate surface area is 121 Å². The number of rotatable bonds is 6. The molecule has 0 spiro atoms. The van der Waals surface area contributed by atoms with Crippen molar-refractivity contribution in [3.8, 4) is 0 Å². The van der Waals surface area contributed by atoms with Crippen molar-refractivity contribution in [2.45, 2.75) is 64.8 Å². The number of aliphatic carboxylic acids is 1. The molecule has 1 aliphatic rings. The van der Waals surface area contributed by atoms with E-state index in [2.05, 4.69) is 5.32 Å². The number of nitrogens with one attached hydrogen (secondary N) is 1. The molecule has 1 rings (SSSR count). The minimum absolute atomic E-state index is 0.266. The molecule has 0 aromatic heterocycles. The Balaban J connectivity index is 2.32. The third-order valence-corrected chi connectivity index (χ3v) is 3.89. The summed E-state index contributed by atoms with van der Waals surface area (Å²) in [4.78, 5) is 24.3. The molecule has 0 heterocycles. The van der Waals surface area contributed by atoms with Crippen molar-refractivity contribution in [3.63, 3.8) is 0 Å².